The summed E-state index contributed by atoms with van der Waals surface area (Å²) >= 11 is 0. The van der Waals surface area contributed by atoms with E-state index in [1.165, 1.54) is 0 Å². The van der Waals surface area contributed by atoms with Gasteiger partial charge in [-0.25, -0.2) is 4.79 Å². The fraction of sp³-hybridized carbons (Fsp3) is 0.231. The van der Waals surface area contributed by atoms with Crippen molar-refractivity contribution in [3.63, 3.8) is 0 Å². The molecule has 2 aromatic rings. The molecule has 0 aliphatic carbocycles. The number of rotatable bonds is 3. The van der Waals surface area contributed by atoms with Gasteiger partial charge < -0.3 is 10.6 Å². The monoisotopic (exact) mass is 244 g/mol. The quantitative estimate of drug-likeness (QED) is 0.869. The Labute approximate surface area is 106 Å². The molecule has 5 nitrogen and oxygen atoms in total. The third-order valence-electron chi connectivity index (χ3n) is 2.53. The first-order valence-corrected chi connectivity index (χ1v) is 5.83. The summed E-state index contributed by atoms with van der Waals surface area (Å²) in [5, 5.41) is 9.68. The average molecular weight is 244 g/mol. The van der Waals surface area contributed by atoms with Crippen molar-refractivity contribution >= 4 is 11.7 Å². The van der Waals surface area contributed by atoms with Crippen molar-refractivity contribution in [1.82, 2.24) is 15.1 Å². The average Bonchev–Trinajstić information content (AvgIpc) is 2.77. The molecular formula is C13H16N4O. The maximum absolute atomic E-state index is 11.6. The number of aryl methyl sites for hydroxylation is 1. The van der Waals surface area contributed by atoms with Gasteiger partial charge in [0.05, 0.1) is 11.9 Å². The largest absolute Gasteiger partial charge is 0.338 e. The summed E-state index contributed by atoms with van der Waals surface area (Å²) in [5.41, 5.74) is 2.71. The summed E-state index contributed by atoms with van der Waals surface area (Å²) in [7, 11) is 1.86. The van der Waals surface area contributed by atoms with Gasteiger partial charge in [-0.05, 0) is 13.0 Å². The zero-order valence-corrected chi connectivity index (χ0v) is 10.5. The van der Waals surface area contributed by atoms with Gasteiger partial charge in [-0.3, -0.25) is 4.68 Å². The molecule has 2 N–H and O–H groups in total. The molecular weight excluding hydrogens is 228 g/mol. The van der Waals surface area contributed by atoms with Gasteiger partial charge in [-0.1, -0.05) is 18.2 Å². The maximum atomic E-state index is 11.6. The molecule has 0 bridgehead atoms. The summed E-state index contributed by atoms with van der Waals surface area (Å²) in [6.07, 6.45) is 3.69. The maximum Gasteiger partial charge on any atom is 0.319 e. The van der Waals surface area contributed by atoms with Gasteiger partial charge in [-0.2, -0.15) is 5.10 Å². The van der Waals surface area contributed by atoms with Crippen molar-refractivity contribution < 1.29 is 4.79 Å². The molecule has 0 aliphatic heterocycles. The number of urea groups is 1. The second kappa shape index (κ2) is 5.35. The minimum atomic E-state index is -0.200. The molecule has 94 valence electrons. The molecule has 18 heavy (non-hydrogen) atoms. The third kappa shape index (κ3) is 2.68. The minimum Gasteiger partial charge on any atom is -0.338 e. The zero-order chi connectivity index (χ0) is 13.0. The van der Waals surface area contributed by atoms with E-state index in [4.69, 9.17) is 0 Å². The van der Waals surface area contributed by atoms with Crippen LogP contribution >= 0.6 is 0 Å². The summed E-state index contributed by atoms with van der Waals surface area (Å²) in [5.74, 6) is 0. The lowest BCUT2D eigenvalue weighted by Crippen LogP contribution is -2.28. The number of benzene rings is 1. The topological polar surface area (TPSA) is 59.0 Å². The van der Waals surface area contributed by atoms with Crippen LogP contribution in [-0.2, 0) is 7.05 Å². The molecule has 1 heterocycles. The van der Waals surface area contributed by atoms with Crippen LogP contribution in [0.25, 0.3) is 11.1 Å². The molecule has 0 aliphatic rings. The highest BCUT2D eigenvalue weighted by molar-refractivity contribution is 5.94. The number of nitrogens with one attached hydrogen (secondary N) is 2. The summed E-state index contributed by atoms with van der Waals surface area (Å²) in [6, 6.07) is 7.46. The van der Waals surface area contributed by atoms with Crippen LogP contribution in [0.3, 0.4) is 0 Å². The predicted molar refractivity (Wildman–Crippen MR) is 71.3 cm³/mol. The van der Waals surface area contributed by atoms with Crippen molar-refractivity contribution in [3.05, 3.63) is 36.7 Å². The number of hydrogen-bond acceptors (Lipinski definition) is 2. The van der Waals surface area contributed by atoms with Gasteiger partial charge in [-0.15, -0.1) is 0 Å². The molecule has 0 saturated heterocycles. The SMILES string of the molecule is CCNC(=O)Nc1ccccc1-c1cnn(C)c1. The Balaban J connectivity index is 2.28. The molecule has 1 aromatic carbocycles. The molecule has 5 heteroatoms. The number of para-hydroxylation sites is 1. The number of carbonyl (C=O) groups excluding carboxylic acids is 1. The molecule has 0 fully saturated rings. The van der Waals surface area contributed by atoms with E-state index in [1.54, 1.807) is 10.9 Å². The number of carbonyl (C=O) groups is 1. The van der Waals surface area contributed by atoms with Gasteiger partial charge in [0.1, 0.15) is 0 Å². The van der Waals surface area contributed by atoms with Gasteiger partial charge in [0, 0.05) is 30.9 Å². The lowest BCUT2D eigenvalue weighted by Gasteiger charge is -2.09. The van der Waals surface area contributed by atoms with E-state index >= 15 is 0 Å². The van der Waals surface area contributed by atoms with Crippen LogP contribution in [0, 0.1) is 0 Å². The number of aromatic nitrogens is 2. The molecule has 1 aromatic heterocycles. The lowest BCUT2D eigenvalue weighted by molar-refractivity contribution is 0.252. The van der Waals surface area contributed by atoms with Crippen LogP contribution in [-0.4, -0.2) is 22.4 Å². The Hall–Kier alpha value is -2.30. The fourth-order valence-electron chi connectivity index (χ4n) is 1.73. The molecule has 0 unspecified atom stereocenters. The van der Waals surface area contributed by atoms with Crippen molar-refractivity contribution in [2.45, 2.75) is 6.92 Å². The summed E-state index contributed by atoms with van der Waals surface area (Å²) in [4.78, 5) is 11.6. The highest BCUT2D eigenvalue weighted by Crippen LogP contribution is 2.26. The van der Waals surface area contributed by atoms with Crippen molar-refractivity contribution in [2.75, 3.05) is 11.9 Å². The third-order valence-corrected chi connectivity index (χ3v) is 2.53. The van der Waals surface area contributed by atoms with Gasteiger partial charge in [0.2, 0.25) is 0 Å². The predicted octanol–water partition coefficient (Wildman–Crippen LogP) is 2.23. The van der Waals surface area contributed by atoms with Crippen LogP contribution in [0.15, 0.2) is 36.7 Å². The first-order chi connectivity index (χ1) is 8.70. The van der Waals surface area contributed by atoms with Crippen LogP contribution in [0.2, 0.25) is 0 Å². The lowest BCUT2D eigenvalue weighted by atomic mass is 10.1. The second-order valence-corrected chi connectivity index (χ2v) is 3.93. The molecule has 2 amide bonds. The Bertz CT molecular complexity index is 547. The van der Waals surface area contributed by atoms with Crippen LogP contribution in [0.1, 0.15) is 6.92 Å². The van der Waals surface area contributed by atoms with E-state index in [0.717, 1.165) is 16.8 Å². The van der Waals surface area contributed by atoms with Crippen LogP contribution in [0.4, 0.5) is 10.5 Å². The second-order valence-electron chi connectivity index (χ2n) is 3.93. The zero-order valence-electron chi connectivity index (χ0n) is 10.5. The normalized spacial score (nSPS) is 10.1. The van der Waals surface area contributed by atoms with E-state index < -0.39 is 0 Å². The van der Waals surface area contributed by atoms with Crippen molar-refractivity contribution in [3.8, 4) is 11.1 Å². The Morgan fingerprint density at radius 2 is 2.17 bits per heavy atom. The number of hydrogen-bond donors (Lipinski definition) is 2. The van der Waals surface area contributed by atoms with Gasteiger partial charge in [0.15, 0.2) is 0 Å². The van der Waals surface area contributed by atoms with E-state index in [-0.39, 0.29) is 6.03 Å². The van der Waals surface area contributed by atoms with Gasteiger partial charge >= 0.3 is 6.03 Å². The van der Waals surface area contributed by atoms with E-state index in [1.807, 2.05) is 44.4 Å². The smallest absolute Gasteiger partial charge is 0.319 e. The molecule has 0 atom stereocenters. The molecule has 0 spiro atoms. The number of nitrogens with zero attached hydrogens (tertiary/aromatic N) is 2. The fourth-order valence-corrected chi connectivity index (χ4v) is 1.73. The standard InChI is InChI=1S/C13H16N4O/c1-3-14-13(18)16-12-7-5-4-6-11(12)10-8-15-17(2)9-10/h4-9H,3H2,1-2H3,(H2,14,16,18). The minimum absolute atomic E-state index is 0.200. The number of amides is 2. The first-order valence-electron chi connectivity index (χ1n) is 5.83. The Morgan fingerprint density at radius 1 is 1.39 bits per heavy atom. The highest BCUT2D eigenvalue weighted by atomic mass is 16.2. The first kappa shape index (κ1) is 12.2. The van der Waals surface area contributed by atoms with Crippen molar-refractivity contribution in [1.29, 1.82) is 0 Å². The van der Waals surface area contributed by atoms with Gasteiger partial charge in [0.25, 0.3) is 0 Å². The van der Waals surface area contributed by atoms with E-state index in [2.05, 4.69) is 15.7 Å². The van der Waals surface area contributed by atoms with Crippen molar-refractivity contribution in [2.24, 2.45) is 7.05 Å². The summed E-state index contributed by atoms with van der Waals surface area (Å²) < 4.78 is 1.73. The molecule has 0 saturated carbocycles. The highest BCUT2D eigenvalue weighted by Gasteiger charge is 2.08. The number of anilines is 1. The Kier molecular flexibility index (Phi) is 3.62. The molecule has 2 rings (SSSR count). The Morgan fingerprint density at radius 3 is 2.83 bits per heavy atom. The van der Waals surface area contributed by atoms with Crippen LogP contribution < -0.4 is 10.6 Å². The van der Waals surface area contributed by atoms with E-state index in [0.29, 0.717) is 6.54 Å². The molecule has 0 radical (unpaired) electrons. The van der Waals surface area contributed by atoms with Crippen LogP contribution in [0.5, 0.6) is 0 Å². The van der Waals surface area contributed by atoms with E-state index in [9.17, 15) is 4.79 Å². The summed E-state index contributed by atoms with van der Waals surface area (Å²) in [6.45, 7) is 2.48.